The smallest absolute Gasteiger partial charge is 0.266 e. The Morgan fingerprint density at radius 1 is 1.10 bits per heavy atom. The summed E-state index contributed by atoms with van der Waals surface area (Å²) in [5.74, 6) is 0.797. The van der Waals surface area contributed by atoms with E-state index in [9.17, 15) is 10.1 Å². The number of carbonyl (C=O) groups excluding carboxylic acids is 1. The van der Waals surface area contributed by atoms with E-state index in [0.717, 1.165) is 22.3 Å². The number of nitrogens with one attached hydrogen (secondary N) is 1. The predicted octanol–water partition coefficient (Wildman–Crippen LogP) is 5.48. The number of benzene rings is 2. The molecule has 0 aliphatic carbocycles. The molecule has 1 N–H and O–H groups in total. The van der Waals surface area contributed by atoms with E-state index < -0.39 is 5.91 Å². The Hall–Kier alpha value is -2.73. The van der Waals surface area contributed by atoms with Crippen LogP contribution in [0.4, 0.5) is 11.4 Å². The van der Waals surface area contributed by atoms with Crippen LogP contribution in [-0.4, -0.2) is 32.2 Å². The van der Waals surface area contributed by atoms with Gasteiger partial charge in [0.1, 0.15) is 11.6 Å². The maximum absolute atomic E-state index is 12.7. The van der Waals surface area contributed by atoms with Crippen LogP contribution in [0.1, 0.15) is 33.3 Å². The van der Waals surface area contributed by atoms with E-state index in [1.807, 2.05) is 50.2 Å². The average Bonchev–Trinajstić information content (AvgIpc) is 2.76. The van der Waals surface area contributed by atoms with Gasteiger partial charge in [-0.15, -0.1) is 0 Å². The third kappa shape index (κ3) is 6.62. The topological polar surface area (TPSA) is 74.6 Å². The van der Waals surface area contributed by atoms with Crippen molar-refractivity contribution in [2.45, 2.75) is 27.7 Å². The molecule has 0 spiro atoms. The monoisotopic (exact) mass is 533 g/mol. The lowest BCUT2D eigenvalue weighted by atomic mass is 10.1. The number of halogens is 1. The Labute approximate surface area is 198 Å². The van der Waals surface area contributed by atoms with Crippen LogP contribution in [0.5, 0.6) is 11.5 Å². The second kappa shape index (κ2) is 12.2. The van der Waals surface area contributed by atoms with Crippen molar-refractivity contribution in [2.75, 3.05) is 36.5 Å². The minimum atomic E-state index is -0.458. The Morgan fingerprint density at radius 2 is 1.74 bits per heavy atom. The average molecular weight is 533 g/mol. The van der Waals surface area contributed by atoms with Crippen molar-refractivity contribution < 1.29 is 14.3 Å². The first-order valence-electron chi connectivity index (χ1n) is 10.3. The van der Waals surface area contributed by atoms with Gasteiger partial charge >= 0.3 is 0 Å². The van der Waals surface area contributed by atoms with Gasteiger partial charge in [-0.25, -0.2) is 0 Å². The number of amides is 1. The lowest BCUT2D eigenvalue weighted by Gasteiger charge is -2.21. The standard InChI is InChI=1S/C24H28IN3O3/c1-5-28(6-2)20-11-9-19(10-12-20)27-24(29)18(16-26)13-17-14-21(25)23(31-8-4)22(15-17)30-7-3/h9-15H,5-8H2,1-4H3,(H,27,29)/b18-13-. The molecule has 2 rings (SSSR count). The SMILES string of the molecule is CCOc1cc(/C=C(/C#N)C(=O)Nc2ccc(N(CC)CC)cc2)cc(I)c1OCC. The fraction of sp³-hybridized carbons (Fsp3) is 0.333. The molecular formula is C24H28IN3O3. The third-order valence-corrected chi connectivity index (χ3v) is 5.35. The summed E-state index contributed by atoms with van der Waals surface area (Å²) in [4.78, 5) is 14.9. The first-order valence-corrected chi connectivity index (χ1v) is 11.4. The van der Waals surface area contributed by atoms with Gasteiger partial charge in [0, 0.05) is 24.5 Å². The van der Waals surface area contributed by atoms with Crippen LogP contribution in [0.2, 0.25) is 0 Å². The van der Waals surface area contributed by atoms with E-state index >= 15 is 0 Å². The lowest BCUT2D eigenvalue weighted by molar-refractivity contribution is -0.112. The molecule has 0 heterocycles. The van der Waals surface area contributed by atoms with Gasteiger partial charge < -0.3 is 19.7 Å². The molecule has 0 bridgehead atoms. The van der Waals surface area contributed by atoms with Gasteiger partial charge in [0.2, 0.25) is 0 Å². The highest BCUT2D eigenvalue weighted by molar-refractivity contribution is 14.1. The minimum absolute atomic E-state index is 0.00947. The normalized spacial score (nSPS) is 10.9. The molecule has 2 aromatic rings. The van der Waals surface area contributed by atoms with Crippen LogP contribution in [-0.2, 0) is 4.79 Å². The summed E-state index contributed by atoms with van der Waals surface area (Å²) in [6.45, 7) is 10.8. The van der Waals surface area contributed by atoms with Crippen LogP contribution in [0.25, 0.3) is 6.08 Å². The van der Waals surface area contributed by atoms with Crippen molar-refractivity contribution in [2.24, 2.45) is 0 Å². The van der Waals surface area contributed by atoms with Crippen molar-refractivity contribution in [1.82, 2.24) is 0 Å². The van der Waals surface area contributed by atoms with Crippen LogP contribution in [0, 0.1) is 14.9 Å². The Kier molecular flexibility index (Phi) is 9.66. The number of hydrogen-bond donors (Lipinski definition) is 1. The van der Waals surface area contributed by atoms with E-state index in [-0.39, 0.29) is 5.57 Å². The van der Waals surface area contributed by atoms with Crippen molar-refractivity contribution in [3.8, 4) is 17.6 Å². The molecule has 6 nitrogen and oxygen atoms in total. The fourth-order valence-electron chi connectivity index (χ4n) is 3.08. The molecule has 0 aliphatic heterocycles. The van der Waals surface area contributed by atoms with Crippen molar-refractivity contribution >= 4 is 45.9 Å². The van der Waals surface area contributed by atoms with E-state index in [2.05, 4.69) is 46.7 Å². The molecule has 0 fully saturated rings. The highest BCUT2D eigenvalue weighted by atomic mass is 127. The summed E-state index contributed by atoms with van der Waals surface area (Å²) in [7, 11) is 0. The maximum atomic E-state index is 12.7. The highest BCUT2D eigenvalue weighted by Gasteiger charge is 2.14. The van der Waals surface area contributed by atoms with Crippen LogP contribution < -0.4 is 19.7 Å². The van der Waals surface area contributed by atoms with Gasteiger partial charge in [0.05, 0.1) is 16.8 Å². The van der Waals surface area contributed by atoms with Gasteiger partial charge in [-0.3, -0.25) is 4.79 Å². The molecule has 0 unspecified atom stereocenters. The molecule has 0 radical (unpaired) electrons. The van der Waals surface area contributed by atoms with Gasteiger partial charge in [-0.2, -0.15) is 5.26 Å². The Balaban J connectivity index is 2.25. The molecule has 7 heteroatoms. The molecule has 31 heavy (non-hydrogen) atoms. The molecule has 2 aromatic carbocycles. The molecule has 0 saturated heterocycles. The molecule has 164 valence electrons. The number of nitrogens with zero attached hydrogens (tertiary/aromatic N) is 2. The van der Waals surface area contributed by atoms with E-state index in [4.69, 9.17) is 9.47 Å². The number of rotatable bonds is 10. The van der Waals surface area contributed by atoms with Crippen LogP contribution in [0.15, 0.2) is 42.0 Å². The fourth-order valence-corrected chi connectivity index (χ4v) is 3.86. The first kappa shape index (κ1) is 24.5. The van der Waals surface area contributed by atoms with Gasteiger partial charge in [0.25, 0.3) is 5.91 Å². The molecule has 0 aliphatic rings. The number of carbonyl (C=O) groups is 1. The largest absolute Gasteiger partial charge is 0.490 e. The summed E-state index contributed by atoms with van der Waals surface area (Å²) in [5, 5.41) is 12.3. The highest BCUT2D eigenvalue weighted by Crippen LogP contribution is 2.35. The Morgan fingerprint density at radius 3 is 2.29 bits per heavy atom. The van der Waals surface area contributed by atoms with Gasteiger partial charge in [-0.1, -0.05) is 0 Å². The second-order valence-electron chi connectivity index (χ2n) is 6.54. The molecule has 0 atom stereocenters. The summed E-state index contributed by atoms with van der Waals surface area (Å²) < 4.78 is 12.2. The molecule has 0 saturated carbocycles. The quantitative estimate of drug-likeness (QED) is 0.249. The second-order valence-corrected chi connectivity index (χ2v) is 7.70. The van der Waals surface area contributed by atoms with Gasteiger partial charge in [-0.05, 0) is 98.3 Å². The summed E-state index contributed by atoms with van der Waals surface area (Å²) in [6.07, 6.45) is 1.56. The Bertz CT molecular complexity index is 961. The zero-order valence-electron chi connectivity index (χ0n) is 18.4. The van der Waals surface area contributed by atoms with Crippen molar-refractivity contribution in [3.63, 3.8) is 0 Å². The number of anilines is 2. The molecule has 0 aromatic heterocycles. The van der Waals surface area contributed by atoms with E-state index in [0.29, 0.717) is 36.0 Å². The number of ether oxygens (including phenoxy) is 2. The van der Waals surface area contributed by atoms with E-state index in [1.165, 1.54) is 0 Å². The molecule has 1 amide bonds. The maximum Gasteiger partial charge on any atom is 0.266 e. The first-order chi connectivity index (χ1) is 15.0. The number of nitriles is 1. The lowest BCUT2D eigenvalue weighted by Crippen LogP contribution is -2.21. The summed E-state index contributed by atoms with van der Waals surface area (Å²) >= 11 is 2.16. The molecular weight excluding hydrogens is 505 g/mol. The number of hydrogen-bond acceptors (Lipinski definition) is 5. The zero-order chi connectivity index (χ0) is 22.8. The van der Waals surface area contributed by atoms with Crippen molar-refractivity contribution in [1.29, 1.82) is 5.26 Å². The van der Waals surface area contributed by atoms with E-state index in [1.54, 1.807) is 12.1 Å². The van der Waals surface area contributed by atoms with Gasteiger partial charge in [0.15, 0.2) is 11.5 Å². The predicted molar refractivity (Wildman–Crippen MR) is 134 cm³/mol. The van der Waals surface area contributed by atoms with Crippen molar-refractivity contribution in [3.05, 3.63) is 51.1 Å². The van der Waals surface area contributed by atoms with Crippen LogP contribution >= 0.6 is 22.6 Å². The zero-order valence-corrected chi connectivity index (χ0v) is 20.5. The minimum Gasteiger partial charge on any atom is -0.490 e. The summed E-state index contributed by atoms with van der Waals surface area (Å²) in [6, 6.07) is 13.2. The third-order valence-electron chi connectivity index (χ3n) is 4.55. The summed E-state index contributed by atoms with van der Waals surface area (Å²) in [5.41, 5.74) is 2.43. The van der Waals surface area contributed by atoms with Crippen LogP contribution in [0.3, 0.4) is 0 Å².